The second kappa shape index (κ2) is 8.79. The van der Waals surface area contributed by atoms with Gasteiger partial charge in [-0.3, -0.25) is 4.79 Å². The molecule has 3 N–H and O–H groups in total. The van der Waals surface area contributed by atoms with E-state index in [1.54, 1.807) is 42.5 Å². The van der Waals surface area contributed by atoms with Crippen LogP contribution in [-0.4, -0.2) is 25.0 Å². The zero-order chi connectivity index (χ0) is 17.4. The smallest absolute Gasteiger partial charge is 0.265 e. The summed E-state index contributed by atoms with van der Waals surface area (Å²) >= 11 is 5.88. The SMILES string of the molecule is CCOc1ccccc1NC(=O)CO/N=C(/N)c1cccc(Cl)c1. The molecule has 0 unspecified atom stereocenters. The minimum Gasteiger partial charge on any atom is -0.492 e. The van der Waals surface area contributed by atoms with Crippen LogP contribution in [0.1, 0.15) is 12.5 Å². The van der Waals surface area contributed by atoms with Gasteiger partial charge in [-0.2, -0.15) is 0 Å². The van der Waals surface area contributed by atoms with Gasteiger partial charge in [-0.25, -0.2) is 0 Å². The number of carbonyl (C=O) groups excluding carboxylic acids is 1. The van der Waals surface area contributed by atoms with Crippen molar-refractivity contribution in [3.63, 3.8) is 0 Å². The molecule has 0 spiro atoms. The summed E-state index contributed by atoms with van der Waals surface area (Å²) in [6.45, 7) is 2.10. The van der Waals surface area contributed by atoms with E-state index in [0.717, 1.165) is 0 Å². The minimum atomic E-state index is -0.371. The van der Waals surface area contributed by atoms with Gasteiger partial charge in [-0.15, -0.1) is 0 Å². The number of hydrogen-bond donors (Lipinski definition) is 2. The van der Waals surface area contributed by atoms with Gasteiger partial charge in [0.15, 0.2) is 12.4 Å². The van der Waals surface area contributed by atoms with E-state index in [-0.39, 0.29) is 18.3 Å². The first-order chi connectivity index (χ1) is 11.6. The lowest BCUT2D eigenvalue weighted by Gasteiger charge is -2.10. The molecule has 0 saturated heterocycles. The van der Waals surface area contributed by atoms with E-state index < -0.39 is 0 Å². The molecule has 0 aliphatic heterocycles. The molecule has 6 nitrogen and oxygen atoms in total. The lowest BCUT2D eigenvalue weighted by Crippen LogP contribution is -2.19. The van der Waals surface area contributed by atoms with Crippen LogP contribution < -0.4 is 15.8 Å². The van der Waals surface area contributed by atoms with E-state index in [9.17, 15) is 4.79 Å². The van der Waals surface area contributed by atoms with Crippen LogP contribution in [0.4, 0.5) is 5.69 Å². The maximum Gasteiger partial charge on any atom is 0.265 e. The quantitative estimate of drug-likeness (QED) is 0.458. The van der Waals surface area contributed by atoms with E-state index in [1.807, 2.05) is 13.0 Å². The fourth-order valence-corrected chi connectivity index (χ4v) is 2.09. The van der Waals surface area contributed by atoms with Crippen LogP contribution in [0.25, 0.3) is 0 Å². The standard InChI is InChI=1S/C17H18ClN3O3/c1-2-23-15-9-4-3-8-14(15)20-16(22)11-24-21-17(19)12-6-5-7-13(18)10-12/h3-10H,2,11H2,1H3,(H2,19,21)(H,20,22). The van der Waals surface area contributed by atoms with Crippen molar-refractivity contribution < 1.29 is 14.4 Å². The van der Waals surface area contributed by atoms with Crippen molar-refractivity contribution in [2.45, 2.75) is 6.92 Å². The second-order valence-electron chi connectivity index (χ2n) is 4.74. The third-order valence-electron chi connectivity index (χ3n) is 2.94. The summed E-state index contributed by atoms with van der Waals surface area (Å²) in [6.07, 6.45) is 0. The molecule has 24 heavy (non-hydrogen) atoms. The van der Waals surface area contributed by atoms with Crippen LogP contribution in [0.15, 0.2) is 53.7 Å². The Bertz CT molecular complexity index is 735. The zero-order valence-corrected chi connectivity index (χ0v) is 13.9. The van der Waals surface area contributed by atoms with Crippen molar-refractivity contribution in [2.24, 2.45) is 10.9 Å². The summed E-state index contributed by atoms with van der Waals surface area (Å²) in [5.41, 5.74) is 6.97. The predicted octanol–water partition coefficient (Wildman–Crippen LogP) is 3.01. The van der Waals surface area contributed by atoms with Crippen molar-refractivity contribution in [2.75, 3.05) is 18.5 Å². The number of nitrogens with two attached hydrogens (primary N) is 1. The van der Waals surface area contributed by atoms with Crippen LogP contribution in [0.3, 0.4) is 0 Å². The summed E-state index contributed by atoms with van der Waals surface area (Å²) < 4.78 is 5.43. The Morgan fingerprint density at radius 2 is 2.04 bits per heavy atom. The van der Waals surface area contributed by atoms with Crippen molar-refractivity contribution in [1.29, 1.82) is 0 Å². The van der Waals surface area contributed by atoms with Crippen LogP contribution in [-0.2, 0) is 9.63 Å². The lowest BCUT2D eigenvalue weighted by molar-refractivity contribution is -0.120. The van der Waals surface area contributed by atoms with Gasteiger partial charge >= 0.3 is 0 Å². The molecule has 2 aromatic rings. The molecule has 2 rings (SSSR count). The number of para-hydroxylation sites is 2. The molecule has 0 aliphatic carbocycles. The number of nitrogens with zero attached hydrogens (tertiary/aromatic N) is 1. The van der Waals surface area contributed by atoms with E-state index in [0.29, 0.717) is 28.6 Å². The third kappa shape index (κ3) is 5.17. The fourth-order valence-electron chi connectivity index (χ4n) is 1.90. The number of benzene rings is 2. The molecule has 1 amide bonds. The number of rotatable bonds is 7. The maximum atomic E-state index is 11.9. The van der Waals surface area contributed by atoms with Crippen LogP contribution in [0.5, 0.6) is 5.75 Å². The molecule has 126 valence electrons. The van der Waals surface area contributed by atoms with Gasteiger partial charge in [0.2, 0.25) is 0 Å². The average Bonchev–Trinajstić information content (AvgIpc) is 2.57. The molecule has 0 heterocycles. The molecule has 7 heteroatoms. The van der Waals surface area contributed by atoms with E-state index >= 15 is 0 Å². The van der Waals surface area contributed by atoms with E-state index in [2.05, 4.69) is 10.5 Å². The highest BCUT2D eigenvalue weighted by Gasteiger charge is 2.08. The third-order valence-corrected chi connectivity index (χ3v) is 3.18. The summed E-state index contributed by atoms with van der Waals surface area (Å²) in [5.74, 6) is 0.361. The van der Waals surface area contributed by atoms with E-state index in [4.69, 9.17) is 26.9 Å². The molecule has 0 atom stereocenters. The van der Waals surface area contributed by atoms with Gasteiger partial charge in [0.25, 0.3) is 5.91 Å². The van der Waals surface area contributed by atoms with E-state index in [1.165, 1.54) is 0 Å². The molecule has 0 aromatic heterocycles. The lowest BCUT2D eigenvalue weighted by atomic mass is 10.2. The van der Waals surface area contributed by atoms with Crippen molar-refractivity contribution in [3.05, 3.63) is 59.1 Å². The Kier molecular flexibility index (Phi) is 6.45. The van der Waals surface area contributed by atoms with Gasteiger partial charge in [-0.1, -0.05) is 41.0 Å². The Balaban J connectivity index is 1.90. The molecular weight excluding hydrogens is 330 g/mol. The molecule has 0 fully saturated rings. The average molecular weight is 348 g/mol. The van der Waals surface area contributed by atoms with Crippen LogP contribution in [0, 0.1) is 0 Å². The van der Waals surface area contributed by atoms with Crippen molar-refractivity contribution >= 4 is 29.0 Å². The molecular formula is C17H18ClN3O3. The summed E-state index contributed by atoms with van der Waals surface area (Å²) in [7, 11) is 0. The highest BCUT2D eigenvalue weighted by atomic mass is 35.5. The summed E-state index contributed by atoms with van der Waals surface area (Å²) in [5, 5.41) is 6.96. The molecule has 0 aliphatic rings. The predicted molar refractivity (Wildman–Crippen MR) is 94.4 cm³/mol. The number of nitrogens with one attached hydrogen (secondary N) is 1. The first-order valence-electron chi connectivity index (χ1n) is 7.33. The van der Waals surface area contributed by atoms with Gasteiger partial charge in [0, 0.05) is 10.6 Å². The Morgan fingerprint density at radius 1 is 1.25 bits per heavy atom. The molecule has 0 saturated carbocycles. The Morgan fingerprint density at radius 3 is 2.79 bits per heavy atom. The van der Waals surface area contributed by atoms with Crippen LogP contribution >= 0.6 is 11.6 Å². The van der Waals surface area contributed by atoms with Crippen molar-refractivity contribution in [3.8, 4) is 5.75 Å². The fraction of sp³-hybridized carbons (Fsp3) is 0.176. The highest BCUT2D eigenvalue weighted by molar-refractivity contribution is 6.31. The minimum absolute atomic E-state index is 0.139. The zero-order valence-electron chi connectivity index (χ0n) is 13.2. The second-order valence-corrected chi connectivity index (χ2v) is 5.17. The first kappa shape index (κ1) is 17.6. The number of oxime groups is 1. The van der Waals surface area contributed by atoms with Crippen LogP contribution in [0.2, 0.25) is 5.02 Å². The molecule has 2 aromatic carbocycles. The van der Waals surface area contributed by atoms with Crippen molar-refractivity contribution in [1.82, 2.24) is 0 Å². The number of hydrogen-bond acceptors (Lipinski definition) is 4. The Hall–Kier alpha value is -2.73. The van der Waals surface area contributed by atoms with Gasteiger partial charge < -0.3 is 20.6 Å². The normalized spacial score (nSPS) is 11.0. The highest BCUT2D eigenvalue weighted by Crippen LogP contribution is 2.23. The number of carbonyl (C=O) groups is 1. The molecule has 0 bridgehead atoms. The number of ether oxygens (including phenoxy) is 1. The Labute approximate surface area is 145 Å². The summed E-state index contributed by atoms with van der Waals surface area (Å²) in [6, 6.07) is 14.0. The largest absolute Gasteiger partial charge is 0.492 e. The number of amidine groups is 1. The maximum absolute atomic E-state index is 11.9. The van der Waals surface area contributed by atoms with Gasteiger partial charge in [-0.05, 0) is 31.2 Å². The number of anilines is 1. The van der Waals surface area contributed by atoms with Gasteiger partial charge in [0.1, 0.15) is 5.75 Å². The number of amides is 1. The monoisotopic (exact) mass is 347 g/mol. The van der Waals surface area contributed by atoms with Gasteiger partial charge in [0.05, 0.1) is 12.3 Å². The molecule has 0 radical (unpaired) electrons. The summed E-state index contributed by atoms with van der Waals surface area (Å²) in [4.78, 5) is 16.9. The topological polar surface area (TPSA) is 85.9 Å². The number of halogens is 1. The first-order valence-corrected chi connectivity index (χ1v) is 7.71.